The highest BCUT2D eigenvalue weighted by Gasteiger charge is 2.56. The number of ketones is 1. The number of nitrogens with one attached hydrogen (secondary N) is 2. The van der Waals surface area contributed by atoms with Crippen LogP contribution in [-0.4, -0.2) is 63.4 Å². The van der Waals surface area contributed by atoms with E-state index in [4.69, 9.17) is 20.2 Å². The molecule has 2 aromatic rings. The maximum atomic E-state index is 13.5. The number of carbonyl (C=O) groups is 1. The van der Waals surface area contributed by atoms with Crippen LogP contribution in [0, 0.1) is 58.4 Å². The molecule has 2 aromatic carbocycles. The topological polar surface area (TPSA) is 171 Å². The highest BCUT2D eigenvalue weighted by atomic mass is 16.5. The molecule has 5 aliphatic carbocycles. The van der Waals surface area contributed by atoms with Gasteiger partial charge in [-0.2, -0.15) is 0 Å². The van der Waals surface area contributed by atoms with Gasteiger partial charge in [0.25, 0.3) is 6.23 Å². The molecular formula is C57H67N4O7+. The lowest BCUT2D eigenvalue weighted by Crippen LogP contribution is -3.13. The molecule has 11 atom stereocenters. The largest absolute Gasteiger partial charge is 0.508 e. The fourth-order valence-corrected chi connectivity index (χ4v) is 15.1. The second-order valence-corrected chi connectivity index (χ2v) is 22.3. The van der Waals surface area contributed by atoms with Crippen molar-refractivity contribution in [2.45, 2.75) is 158 Å². The van der Waals surface area contributed by atoms with Gasteiger partial charge in [-0.05, 0) is 120 Å². The number of quaternary nitrogens is 1. The minimum absolute atomic E-state index is 0.0205. The van der Waals surface area contributed by atoms with Gasteiger partial charge in [-0.1, -0.05) is 87.0 Å². The lowest BCUT2D eigenvalue weighted by molar-refractivity contribution is -0.888. The molecule has 0 radical (unpaired) electrons. The maximum absolute atomic E-state index is 13.5. The van der Waals surface area contributed by atoms with E-state index in [0.717, 1.165) is 78.8 Å². The highest BCUT2D eigenvalue weighted by Crippen LogP contribution is 2.64. The minimum atomic E-state index is -1.06. The number of benzene rings is 2. The number of nitrogens with two attached hydrogens (primary N) is 1. The van der Waals surface area contributed by atoms with E-state index in [1.807, 2.05) is 6.08 Å². The number of hydrogen-bond donors (Lipinski definition) is 7. The number of aliphatic hydroxyl groups is 3. The van der Waals surface area contributed by atoms with E-state index in [9.17, 15) is 25.2 Å². The summed E-state index contributed by atoms with van der Waals surface area (Å²) >= 11 is 0. The van der Waals surface area contributed by atoms with Crippen molar-refractivity contribution in [3.05, 3.63) is 87.8 Å². The number of aryl methyl sites for hydroxylation is 1. The first-order valence-electron chi connectivity index (χ1n) is 26.1. The third kappa shape index (κ3) is 7.59. The van der Waals surface area contributed by atoms with Crippen LogP contribution in [-0.2, 0) is 11.2 Å². The second kappa shape index (κ2) is 17.6. The van der Waals surface area contributed by atoms with Crippen molar-refractivity contribution in [3.8, 4) is 41.1 Å². The normalized spacial score (nSPS) is 34.0. The molecule has 11 nitrogen and oxygen atoms in total. The van der Waals surface area contributed by atoms with Gasteiger partial charge in [0.05, 0.1) is 29.4 Å². The molecular weight excluding hydrogens is 853 g/mol. The first-order valence-corrected chi connectivity index (χ1v) is 26.1. The van der Waals surface area contributed by atoms with Crippen molar-refractivity contribution in [1.29, 1.82) is 0 Å². The molecule has 2 bridgehead atoms. The first kappa shape index (κ1) is 44.5. The Morgan fingerprint density at radius 1 is 0.971 bits per heavy atom. The number of phenols is 1. The van der Waals surface area contributed by atoms with E-state index >= 15 is 0 Å². The number of nitrogens with zero attached hydrogens (tertiary/aromatic N) is 1. The number of aliphatic hydroxyl groups excluding tert-OH is 3. The molecule has 8 N–H and O–H groups in total. The molecule has 3 fully saturated rings. The van der Waals surface area contributed by atoms with E-state index < -0.39 is 41.8 Å². The van der Waals surface area contributed by atoms with Gasteiger partial charge in [0.2, 0.25) is 0 Å². The van der Waals surface area contributed by atoms with Crippen LogP contribution in [0.3, 0.4) is 0 Å². The van der Waals surface area contributed by atoms with Gasteiger partial charge in [-0.15, -0.1) is 0 Å². The van der Waals surface area contributed by atoms with Gasteiger partial charge in [-0.25, -0.2) is 0 Å². The number of hydrogen-bond acceptors (Lipinski definition) is 10. The maximum Gasteiger partial charge on any atom is 0.252 e. The Balaban J connectivity index is 0.873. The van der Waals surface area contributed by atoms with Crippen LogP contribution in [0.2, 0.25) is 0 Å². The molecule has 10 aliphatic rings. The number of Topliss-reactive ketones (excluding diaryl/α,β-unsaturated/α-hetero) is 1. The summed E-state index contributed by atoms with van der Waals surface area (Å²) in [6.45, 7) is 1.40. The molecule has 0 amide bonds. The number of ether oxygens (including phenoxy) is 2. The Morgan fingerprint density at radius 2 is 1.76 bits per heavy atom. The number of aliphatic imine (C=N–C) groups is 1. The molecule has 0 saturated heterocycles. The summed E-state index contributed by atoms with van der Waals surface area (Å²) < 4.78 is 13.5. The van der Waals surface area contributed by atoms with Crippen molar-refractivity contribution < 1.29 is 39.6 Å². The lowest BCUT2D eigenvalue weighted by atomic mass is 9.55. The molecule has 2 spiro atoms. The van der Waals surface area contributed by atoms with Gasteiger partial charge in [0, 0.05) is 43.5 Å². The fourth-order valence-electron chi connectivity index (χ4n) is 15.1. The van der Waals surface area contributed by atoms with Gasteiger partial charge in [0.15, 0.2) is 11.5 Å². The van der Waals surface area contributed by atoms with Crippen LogP contribution >= 0.6 is 0 Å². The zero-order valence-electron chi connectivity index (χ0n) is 39.1. The minimum Gasteiger partial charge on any atom is -0.508 e. The van der Waals surface area contributed by atoms with Crippen molar-refractivity contribution in [2.75, 3.05) is 13.1 Å². The molecule has 11 unspecified atom stereocenters. The number of aromatic hydroxyl groups is 1. The molecule has 68 heavy (non-hydrogen) atoms. The van der Waals surface area contributed by atoms with Crippen LogP contribution < -0.4 is 25.4 Å². The predicted octanol–water partition coefficient (Wildman–Crippen LogP) is 6.58. The van der Waals surface area contributed by atoms with Crippen LogP contribution in [0.15, 0.2) is 65.0 Å². The van der Waals surface area contributed by atoms with Gasteiger partial charge in [0.1, 0.15) is 48.1 Å². The molecule has 0 aromatic heterocycles. The van der Waals surface area contributed by atoms with Crippen molar-refractivity contribution in [3.63, 3.8) is 0 Å². The number of rotatable bonds is 7. The summed E-state index contributed by atoms with van der Waals surface area (Å²) in [4.78, 5) is 19.8. The van der Waals surface area contributed by atoms with E-state index in [2.05, 4.69) is 59.8 Å². The Morgan fingerprint density at radius 3 is 2.57 bits per heavy atom. The number of allylic oxidation sites excluding steroid dienone is 2. The Labute approximate surface area is 400 Å². The molecule has 5 heterocycles. The van der Waals surface area contributed by atoms with Crippen LogP contribution in [0.25, 0.3) is 0 Å². The first-order chi connectivity index (χ1) is 33.1. The number of phenolic OH excluding ortho intramolecular Hbond substituents is 1. The van der Waals surface area contributed by atoms with Gasteiger partial charge < -0.3 is 35.6 Å². The third-order valence-corrected chi connectivity index (χ3v) is 18.5. The zero-order chi connectivity index (χ0) is 46.3. The Bertz CT molecular complexity index is 2630. The predicted molar refractivity (Wildman–Crippen MR) is 257 cm³/mol. The van der Waals surface area contributed by atoms with Crippen molar-refractivity contribution in [2.24, 2.45) is 45.2 Å². The highest BCUT2D eigenvalue weighted by molar-refractivity contribution is 6.08. The van der Waals surface area contributed by atoms with E-state index in [1.165, 1.54) is 67.7 Å². The molecule has 5 aliphatic heterocycles. The van der Waals surface area contributed by atoms with Crippen molar-refractivity contribution in [1.82, 2.24) is 5.32 Å². The Kier molecular flexibility index (Phi) is 11.5. The zero-order valence-corrected chi connectivity index (χ0v) is 39.1. The summed E-state index contributed by atoms with van der Waals surface area (Å²) in [6.07, 6.45) is 24.2. The van der Waals surface area contributed by atoms with Gasteiger partial charge >= 0.3 is 0 Å². The molecule has 11 heteroatoms. The van der Waals surface area contributed by atoms with E-state index in [1.54, 1.807) is 6.07 Å². The molecule has 356 valence electrons. The van der Waals surface area contributed by atoms with E-state index in [-0.39, 0.29) is 54.0 Å². The monoisotopic (exact) mass is 920 g/mol. The van der Waals surface area contributed by atoms with Crippen LogP contribution in [0.1, 0.15) is 161 Å². The lowest BCUT2D eigenvalue weighted by Gasteiger charge is -2.50. The standard InChI is InChI=1S/C57H66N4O7/c58-54-40-15-14-39-45(63)17-16-43-55(61-31-42-41(30-59-44(42)32-61)53-52(39)51(40)36(29-60-54)28-57(53)20-6-7-21-57)68-50-25-35(46(64)27-49(50)67-23-22-56(43)18-4-5-19-56)10-12-37(62)26-48(66)38-13-11-34(24-47(38)65)33-8-2-1-3-9-33/h11,13-15,25,27,30-31,33-34,36,38,43,45,47-48,53-55,60,63-66H,1-10,12,18-21,24,26,28-29,32,58H2/p+1. The summed E-state index contributed by atoms with van der Waals surface area (Å²) in [5.74, 6) is 11.5. The van der Waals surface area contributed by atoms with Gasteiger partial charge in [-0.3, -0.25) is 20.0 Å². The van der Waals surface area contributed by atoms with Crippen LogP contribution in [0.4, 0.5) is 0 Å². The number of carbonyl (C=O) groups excluding carboxylic acids is 1. The summed E-state index contributed by atoms with van der Waals surface area (Å²) in [5, 5.41) is 49.9. The summed E-state index contributed by atoms with van der Waals surface area (Å²) in [5.41, 5.74) is 14.6. The van der Waals surface area contributed by atoms with Crippen LogP contribution in [0.5, 0.6) is 17.2 Å². The average molecular weight is 920 g/mol. The summed E-state index contributed by atoms with van der Waals surface area (Å²) in [7, 11) is 0. The second-order valence-electron chi connectivity index (χ2n) is 22.3. The average Bonchev–Trinajstić information content (AvgIpc) is 4.17. The van der Waals surface area contributed by atoms with E-state index in [0.29, 0.717) is 42.0 Å². The third-order valence-electron chi connectivity index (χ3n) is 18.5. The Hall–Kier alpha value is -4.72. The summed E-state index contributed by atoms with van der Waals surface area (Å²) in [6, 6.07) is 7.49. The van der Waals surface area contributed by atoms with Crippen molar-refractivity contribution >= 4 is 11.5 Å². The fraction of sp³-hybridized carbons (Fsp3) is 0.579. The number of fused-ring (bicyclic) bond motifs is 7. The SMILES string of the molecule is NC1NCC2CC3(CCCC3)C3C4=CN=C5C[NH+](C=C45)C4Oc5cc(CCC(=O)CC(O)C6C=CC(C7CCCCC7)CC6O)c(O)cc5OC#CC5(CCCC5)C4C#CC(O)c4ccc1c2c43. The smallest absolute Gasteiger partial charge is 0.252 e. The molecule has 3 saturated carbocycles. The quantitative estimate of drug-likeness (QED) is 0.120. The molecule has 12 rings (SSSR count).